The van der Waals surface area contributed by atoms with Gasteiger partial charge in [-0.1, -0.05) is 0 Å². The molecular weight excluding hydrogens is 246 g/mol. The van der Waals surface area contributed by atoms with Crippen LogP contribution in [0.4, 0.5) is 5.69 Å². The van der Waals surface area contributed by atoms with E-state index in [2.05, 4.69) is 5.32 Å². The van der Waals surface area contributed by atoms with E-state index in [1.54, 1.807) is 20.9 Å². The standard InChI is InChI=1S/C10H14ClN3O3/c1-10(2,6-11)12-9(15)8-4-7(14(16)17)5-13(8)3/h4-5H,6H2,1-3H3,(H,12,15). The van der Waals surface area contributed by atoms with E-state index in [1.165, 1.54) is 16.8 Å². The van der Waals surface area contributed by atoms with E-state index in [0.717, 1.165) is 0 Å². The quantitative estimate of drug-likeness (QED) is 0.508. The highest BCUT2D eigenvalue weighted by Gasteiger charge is 2.23. The maximum absolute atomic E-state index is 11.9. The molecule has 0 aromatic carbocycles. The summed E-state index contributed by atoms with van der Waals surface area (Å²) in [7, 11) is 1.58. The first kappa shape index (κ1) is 13.5. The zero-order chi connectivity index (χ0) is 13.2. The third-order valence-electron chi connectivity index (χ3n) is 2.22. The lowest BCUT2D eigenvalue weighted by atomic mass is 10.1. The molecule has 0 radical (unpaired) electrons. The smallest absolute Gasteiger partial charge is 0.287 e. The van der Waals surface area contributed by atoms with Crippen LogP contribution >= 0.6 is 11.6 Å². The Hall–Kier alpha value is -1.56. The lowest BCUT2D eigenvalue weighted by molar-refractivity contribution is -0.384. The van der Waals surface area contributed by atoms with Crippen molar-refractivity contribution in [2.75, 3.05) is 5.88 Å². The zero-order valence-corrected chi connectivity index (χ0v) is 10.6. The first-order chi connectivity index (χ1) is 7.76. The lowest BCUT2D eigenvalue weighted by Gasteiger charge is -2.23. The molecule has 0 saturated carbocycles. The van der Waals surface area contributed by atoms with Crippen LogP contribution in [0.5, 0.6) is 0 Å². The van der Waals surface area contributed by atoms with Gasteiger partial charge in [0.25, 0.3) is 11.6 Å². The van der Waals surface area contributed by atoms with E-state index in [-0.39, 0.29) is 23.2 Å². The minimum atomic E-state index is -0.558. The molecule has 0 unspecified atom stereocenters. The number of nitrogens with zero attached hydrogens (tertiary/aromatic N) is 2. The number of nitro groups is 1. The summed E-state index contributed by atoms with van der Waals surface area (Å²) in [4.78, 5) is 21.9. The number of halogens is 1. The van der Waals surface area contributed by atoms with Crippen molar-refractivity contribution in [1.29, 1.82) is 0 Å². The summed E-state index contributed by atoms with van der Waals surface area (Å²) in [6.07, 6.45) is 1.29. The van der Waals surface area contributed by atoms with E-state index in [0.29, 0.717) is 0 Å². The number of carbonyl (C=O) groups is 1. The number of aromatic nitrogens is 1. The number of alkyl halides is 1. The molecular formula is C10H14ClN3O3. The Morgan fingerprint density at radius 2 is 2.24 bits per heavy atom. The van der Waals surface area contributed by atoms with Crippen LogP contribution in [0.2, 0.25) is 0 Å². The Kier molecular flexibility index (Phi) is 3.77. The van der Waals surface area contributed by atoms with Crippen molar-refractivity contribution in [1.82, 2.24) is 9.88 Å². The minimum absolute atomic E-state index is 0.110. The highest BCUT2D eigenvalue weighted by atomic mass is 35.5. The Bertz CT molecular complexity index is 454. The van der Waals surface area contributed by atoms with Crippen LogP contribution in [-0.4, -0.2) is 26.8 Å². The molecule has 1 aromatic heterocycles. The molecule has 0 saturated heterocycles. The summed E-state index contributed by atoms with van der Waals surface area (Å²) < 4.78 is 1.41. The van der Waals surface area contributed by atoms with Crippen molar-refractivity contribution >= 4 is 23.2 Å². The molecule has 0 aliphatic rings. The molecule has 1 rings (SSSR count). The number of hydrogen-bond acceptors (Lipinski definition) is 3. The SMILES string of the molecule is Cn1cc([N+](=O)[O-])cc1C(=O)NC(C)(C)CCl. The summed E-state index contributed by atoms with van der Waals surface area (Å²) in [5.41, 5.74) is -0.436. The third kappa shape index (κ3) is 3.20. The summed E-state index contributed by atoms with van der Waals surface area (Å²) in [6, 6.07) is 1.24. The Morgan fingerprint density at radius 1 is 1.65 bits per heavy atom. The monoisotopic (exact) mass is 259 g/mol. The molecule has 0 bridgehead atoms. The van der Waals surface area contributed by atoms with Gasteiger partial charge in [0.1, 0.15) is 5.69 Å². The van der Waals surface area contributed by atoms with Crippen LogP contribution in [-0.2, 0) is 7.05 Å². The van der Waals surface area contributed by atoms with Crippen LogP contribution in [0.3, 0.4) is 0 Å². The number of aryl methyl sites for hydroxylation is 1. The first-order valence-corrected chi connectivity index (χ1v) is 5.49. The van der Waals surface area contributed by atoms with Crippen molar-refractivity contribution in [2.24, 2.45) is 7.05 Å². The molecule has 0 atom stereocenters. The van der Waals surface area contributed by atoms with Gasteiger partial charge in [-0.15, -0.1) is 11.6 Å². The summed E-state index contributed by atoms with van der Waals surface area (Å²) in [5, 5.41) is 13.3. The molecule has 1 heterocycles. The van der Waals surface area contributed by atoms with Crippen molar-refractivity contribution < 1.29 is 9.72 Å². The molecule has 7 heteroatoms. The van der Waals surface area contributed by atoms with Crippen molar-refractivity contribution in [3.63, 3.8) is 0 Å². The fourth-order valence-corrected chi connectivity index (χ4v) is 1.34. The molecule has 17 heavy (non-hydrogen) atoms. The average molecular weight is 260 g/mol. The molecule has 1 N–H and O–H groups in total. The highest BCUT2D eigenvalue weighted by molar-refractivity contribution is 6.18. The van der Waals surface area contributed by atoms with E-state index < -0.39 is 10.5 Å². The van der Waals surface area contributed by atoms with Gasteiger partial charge in [0, 0.05) is 24.5 Å². The molecule has 0 spiro atoms. The number of carbonyl (C=O) groups excluding carboxylic acids is 1. The predicted octanol–water partition coefficient (Wildman–Crippen LogP) is 1.68. The van der Waals surface area contributed by atoms with E-state index in [4.69, 9.17) is 11.6 Å². The van der Waals surface area contributed by atoms with Crippen molar-refractivity contribution in [3.05, 3.63) is 28.1 Å². The van der Waals surface area contributed by atoms with Crippen LogP contribution in [0.25, 0.3) is 0 Å². The van der Waals surface area contributed by atoms with E-state index >= 15 is 0 Å². The molecule has 0 aliphatic carbocycles. The topological polar surface area (TPSA) is 77.2 Å². The van der Waals surface area contributed by atoms with Gasteiger partial charge in [0.05, 0.1) is 11.1 Å². The van der Waals surface area contributed by atoms with Crippen LogP contribution in [0, 0.1) is 10.1 Å². The second-order valence-corrected chi connectivity index (χ2v) is 4.69. The van der Waals surface area contributed by atoms with Gasteiger partial charge in [0.2, 0.25) is 0 Å². The maximum atomic E-state index is 11.9. The van der Waals surface area contributed by atoms with Crippen LogP contribution < -0.4 is 5.32 Å². The number of rotatable bonds is 4. The average Bonchev–Trinajstić information content (AvgIpc) is 2.60. The maximum Gasteiger partial charge on any atom is 0.287 e. The van der Waals surface area contributed by atoms with Crippen LogP contribution in [0.1, 0.15) is 24.3 Å². The zero-order valence-electron chi connectivity index (χ0n) is 9.86. The second kappa shape index (κ2) is 4.75. The normalized spacial score (nSPS) is 11.3. The molecule has 94 valence electrons. The summed E-state index contributed by atoms with van der Waals surface area (Å²) >= 11 is 5.69. The molecule has 0 fully saturated rings. The van der Waals surface area contributed by atoms with Gasteiger partial charge in [-0.05, 0) is 13.8 Å². The lowest BCUT2D eigenvalue weighted by Crippen LogP contribution is -2.45. The summed E-state index contributed by atoms with van der Waals surface area (Å²) in [5.74, 6) is -0.128. The largest absolute Gasteiger partial charge is 0.345 e. The Balaban J connectivity index is 2.93. The first-order valence-electron chi connectivity index (χ1n) is 4.96. The Morgan fingerprint density at radius 3 is 2.65 bits per heavy atom. The number of hydrogen-bond donors (Lipinski definition) is 1. The van der Waals surface area contributed by atoms with E-state index in [1.807, 2.05) is 0 Å². The van der Waals surface area contributed by atoms with Crippen LogP contribution in [0.15, 0.2) is 12.3 Å². The number of nitrogens with one attached hydrogen (secondary N) is 1. The van der Waals surface area contributed by atoms with Gasteiger partial charge in [-0.2, -0.15) is 0 Å². The Labute approximate surface area is 104 Å². The second-order valence-electron chi connectivity index (χ2n) is 4.42. The van der Waals surface area contributed by atoms with E-state index in [9.17, 15) is 14.9 Å². The van der Waals surface area contributed by atoms with Gasteiger partial charge >= 0.3 is 0 Å². The fourth-order valence-electron chi connectivity index (χ4n) is 1.28. The molecule has 6 nitrogen and oxygen atoms in total. The molecule has 1 amide bonds. The molecule has 1 aromatic rings. The van der Waals surface area contributed by atoms with Gasteiger partial charge in [-0.25, -0.2) is 0 Å². The van der Waals surface area contributed by atoms with Crippen molar-refractivity contribution in [2.45, 2.75) is 19.4 Å². The van der Waals surface area contributed by atoms with Gasteiger partial charge in [0.15, 0.2) is 0 Å². The van der Waals surface area contributed by atoms with Gasteiger partial charge in [-0.3, -0.25) is 14.9 Å². The van der Waals surface area contributed by atoms with Gasteiger partial charge < -0.3 is 9.88 Å². The number of amides is 1. The fraction of sp³-hybridized carbons (Fsp3) is 0.500. The van der Waals surface area contributed by atoms with Crippen molar-refractivity contribution in [3.8, 4) is 0 Å². The summed E-state index contributed by atoms with van der Waals surface area (Å²) in [6.45, 7) is 3.55. The third-order valence-corrected chi connectivity index (χ3v) is 2.89. The predicted molar refractivity (Wildman–Crippen MR) is 64.3 cm³/mol. The minimum Gasteiger partial charge on any atom is -0.345 e. The highest BCUT2D eigenvalue weighted by Crippen LogP contribution is 2.16. The molecule has 0 aliphatic heterocycles.